The van der Waals surface area contributed by atoms with Crippen molar-refractivity contribution in [2.75, 3.05) is 0 Å². The van der Waals surface area contributed by atoms with E-state index < -0.39 is 29.9 Å². The van der Waals surface area contributed by atoms with Gasteiger partial charge in [-0.25, -0.2) is 4.39 Å². The van der Waals surface area contributed by atoms with E-state index in [-0.39, 0.29) is 22.9 Å². The quantitative estimate of drug-likeness (QED) is 0.769. The van der Waals surface area contributed by atoms with E-state index >= 15 is 0 Å². The first-order valence-corrected chi connectivity index (χ1v) is 7.41. The standard InChI is InChI=1S/C14H14BrF4NO/c15-9-5-3-6-10(16)12(9)13(21)20-11-7-2-1-4-8(11)14(17,18)19/h3,5-6,8,11H,1-2,4,7H2,(H,20,21). The number of carbonyl (C=O) groups excluding carboxylic acids is 1. The summed E-state index contributed by atoms with van der Waals surface area (Å²) in [6, 6.07) is 2.98. The second-order valence-electron chi connectivity index (χ2n) is 5.11. The monoisotopic (exact) mass is 367 g/mol. The summed E-state index contributed by atoms with van der Waals surface area (Å²) in [5, 5.41) is 2.34. The van der Waals surface area contributed by atoms with Gasteiger partial charge in [-0.05, 0) is 40.9 Å². The molecule has 2 nitrogen and oxygen atoms in total. The smallest absolute Gasteiger partial charge is 0.349 e. The van der Waals surface area contributed by atoms with Crippen LogP contribution in [0.1, 0.15) is 36.0 Å². The zero-order chi connectivity index (χ0) is 15.6. The highest BCUT2D eigenvalue weighted by Crippen LogP contribution is 2.38. The van der Waals surface area contributed by atoms with Gasteiger partial charge < -0.3 is 5.32 Å². The number of hydrogen-bond donors (Lipinski definition) is 1. The van der Waals surface area contributed by atoms with Gasteiger partial charge >= 0.3 is 6.18 Å². The predicted molar refractivity (Wildman–Crippen MR) is 73.4 cm³/mol. The molecule has 1 aliphatic rings. The third-order valence-electron chi connectivity index (χ3n) is 3.69. The Hall–Kier alpha value is -1.11. The van der Waals surface area contributed by atoms with Gasteiger partial charge in [0, 0.05) is 10.5 Å². The van der Waals surface area contributed by atoms with Crippen molar-refractivity contribution in [3.8, 4) is 0 Å². The van der Waals surface area contributed by atoms with E-state index in [9.17, 15) is 22.4 Å². The van der Waals surface area contributed by atoms with Crippen LogP contribution in [0.2, 0.25) is 0 Å². The molecule has 1 saturated carbocycles. The summed E-state index contributed by atoms with van der Waals surface area (Å²) in [7, 11) is 0. The number of rotatable bonds is 2. The van der Waals surface area contributed by atoms with Crippen molar-refractivity contribution in [2.45, 2.75) is 37.9 Å². The molecule has 0 aromatic heterocycles. The molecule has 1 aromatic rings. The summed E-state index contributed by atoms with van der Waals surface area (Å²) in [6.45, 7) is 0. The van der Waals surface area contributed by atoms with Crippen LogP contribution in [0.5, 0.6) is 0 Å². The van der Waals surface area contributed by atoms with Gasteiger partial charge in [0.15, 0.2) is 0 Å². The molecule has 1 aliphatic carbocycles. The van der Waals surface area contributed by atoms with Crippen molar-refractivity contribution in [3.63, 3.8) is 0 Å². The Bertz CT molecular complexity index is 512. The molecule has 0 bridgehead atoms. The van der Waals surface area contributed by atoms with Crippen LogP contribution < -0.4 is 5.32 Å². The topological polar surface area (TPSA) is 29.1 Å². The van der Waals surface area contributed by atoms with E-state index in [4.69, 9.17) is 0 Å². The predicted octanol–water partition coefficient (Wildman–Crippen LogP) is 4.44. The number of alkyl halides is 3. The minimum absolute atomic E-state index is 0.00706. The molecule has 2 unspecified atom stereocenters. The van der Waals surface area contributed by atoms with E-state index in [1.54, 1.807) is 0 Å². The van der Waals surface area contributed by atoms with Crippen LogP contribution in [0.25, 0.3) is 0 Å². The van der Waals surface area contributed by atoms with Gasteiger partial charge in [-0.3, -0.25) is 4.79 Å². The molecular weight excluding hydrogens is 354 g/mol. The maximum Gasteiger partial charge on any atom is 0.393 e. The van der Waals surface area contributed by atoms with Gasteiger partial charge in [0.25, 0.3) is 5.91 Å². The minimum Gasteiger partial charge on any atom is -0.349 e. The number of halogens is 5. The van der Waals surface area contributed by atoms with Crippen LogP contribution in [-0.4, -0.2) is 18.1 Å². The first-order valence-electron chi connectivity index (χ1n) is 6.62. The lowest BCUT2D eigenvalue weighted by molar-refractivity contribution is -0.187. The van der Waals surface area contributed by atoms with Gasteiger partial charge in [-0.1, -0.05) is 18.9 Å². The molecule has 1 aromatic carbocycles. The van der Waals surface area contributed by atoms with Gasteiger partial charge in [0.2, 0.25) is 0 Å². The van der Waals surface area contributed by atoms with Crippen molar-refractivity contribution in [1.82, 2.24) is 5.32 Å². The van der Waals surface area contributed by atoms with Crippen LogP contribution in [0.4, 0.5) is 17.6 Å². The number of carbonyl (C=O) groups is 1. The number of hydrogen-bond acceptors (Lipinski definition) is 1. The van der Waals surface area contributed by atoms with Crippen LogP contribution in [0.3, 0.4) is 0 Å². The summed E-state index contributed by atoms with van der Waals surface area (Å²) in [4.78, 5) is 12.1. The van der Waals surface area contributed by atoms with E-state index in [1.807, 2.05) is 0 Å². The Morgan fingerprint density at radius 2 is 1.90 bits per heavy atom. The molecule has 21 heavy (non-hydrogen) atoms. The molecule has 0 heterocycles. The van der Waals surface area contributed by atoms with Crippen molar-refractivity contribution >= 4 is 21.8 Å². The first-order chi connectivity index (χ1) is 9.80. The van der Waals surface area contributed by atoms with Gasteiger partial charge in [0.05, 0.1) is 11.5 Å². The summed E-state index contributed by atoms with van der Waals surface area (Å²) in [5.74, 6) is -3.15. The fourth-order valence-corrected chi connectivity index (χ4v) is 3.17. The second-order valence-corrected chi connectivity index (χ2v) is 5.96. The molecule has 0 aliphatic heterocycles. The van der Waals surface area contributed by atoms with E-state index in [0.29, 0.717) is 12.8 Å². The van der Waals surface area contributed by atoms with Crippen molar-refractivity contribution in [1.29, 1.82) is 0 Å². The molecule has 0 spiro atoms. The molecule has 2 atom stereocenters. The Balaban J connectivity index is 2.18. The number of nitrogens with one attached hydrogen (secondary N) is 1. The summed E-state index contributed by atoms with van der Waals surface area (Å²) >= 11 is 3.04. The zero-order valence-corrected chi connectivity index (χ0v) is 12.6. The van der Waals surface area contributed by atoms with Crippen LogP contribution in [0.15, 0.2) is 22.7 Å². The Morgan fingerprint density at radius 1 is 1.24 bits per heavy atom. The lowest BCUT2D eigenvalue weighted by Crippen LogP contribution is -2.47. The first kappa shape index (κ1) is 16.3. The van der Waals surface area contributed by atoms with Crippen LogP contribution in [-0.2, 0) is 0 Å². The van der Waals surface area contributed by atoms with Gasteiger partial charge in [0.1, 0.15) is 5.82 Å². The summed E-state index contributed by atoms with van der Waals surface area (Å²) in [5.41, 5.74) is -0.260. The maximum atomic E-state index is 13.7. The Labute approximate surface area is 128 Å². The molecule has 7 heteroatoms. The lowest BCUT2D eigenvalue weighted by Gasteiger charge is -2.33. The summed E-state index contributed by atoms with van der Waals surface area (Å²) in [6.07, 6.45) is -3.00. The third kappa shape index (κ3) is 3.75. The van der Waals surface area contributed by atoms with E-state index in [2.05, 4.69) is 21.2 Å². The molecule has 1 fully saturated rings. The largest absolute Gasteiger partial charge is 0.393 e. The number of benzene rings is 1. The van der Waals surface area contributed by atoms with Crippen molar-refractivity contribution in [2.24, 2.45) is 5.92 Å². The van der Waals surface area contributed by atoms with Gasteiger partial charge in [-0.2, -0.15) is 13.2 Å². The molecular formula is C14H14BrF4NO. The molecule has 116 valence electrons. The third-order valence-corrected chi connectivity index (χ3v) is 4.35. The highest BCUT2D eigenvalue weighted by Gasteiger charge is 2.46. The van der Waals surface area contributed by atoms with Crippen LogP contribution >= 0.6 is 15.9 Å². The lowest BCUT2D eigenvalue weighted by atomic mass is 9.84. The average Bonchev–Trinajstić information content (AvgIpc) is 2.37. The van der Waals surface area contributed by atoms with Crippen LogP contribution in [0, 0.1) is 11.7 Å². The highest BCUT2D eigenvalue weighted by molar-refractivity contribution is 9.10. The highest BCUT2D eigenvalue weighted by atomic mass is 79.9. The Morgan fingerprint density at radius 3 is 2.52 bits per heavy atom. The Kier molecular flexibility index (Phi) is 4.91. The fraction of sp³-hybridized carbons (Fsp3) is 0.500. The normalized spacial score (nSPS) is 22.9. The average molecular weight is 368 g/mol. The maximum absolute atomic E-state index is 13.7. The molecule has 2 rings (SSSR count). The van der Waals surface area contributed by atoms with E-state index in [0.717, 1.165) is 6.07 Å². The zero-order valence-electron chi connectivity index (χ0n) is 11.0. The minimum atomic E-state index is -4.36. The molecule has 1 N–H and O–H groups in total. The molecule has 1 amide bonds. The fourth-order valence-electron chi connectivity index (χ4n) is 2.65. The molecule has 0 saturated heterocycles. The van der Waals surface area contributed by atoms with E-state index in [1.165, 1.54) is 12.1 Å². The van der Waals surface area contributed by atoms with Crippen molar-refractivity contribution in [3.05, 3.63) is 34.1 Å². The SMILES string of the molecule is O=C(NC1CCCCC1C(F)(F)F)c1c(F)cccc1Br. The van der Waals surface area contributed by atoms with Gasteiger partial charge in [-0.15, -0.1) is 0 Å². The molecule has 0 radical (unpaired) electrons. The van der Waals surface area contributed by atoms with Crippen molar-refractivity contribution < 1.29 is 22.4 Å². The number of amides is 1. The second kappa shape index (κ2) is 6.34. The summed E-state index contributed by atoms with van der Waals surface area (Å²) < 4.78 is 52.8.